The SMILES string of the molecule is CC(C)(C)c1ccc(-c2c(-c3ccc(C(=O)O)cc3)c(-c3ccc(C(C)(C)C)cc3)c(-c3ccc(C(=O)O)cc3)c(-c3ccc(C(C)(C)C)cc3)c2-c2ccc(C(=O)O)cc2)cc1. The number of benzene rings is 7. The molecule has 318 valence electrons. The van der Waals surface area contributed by atoms with Crippen LogP contribution in [0.4, 0.5) is 0 Å². The first-order valence-electron chi connectivity index (χ1n) is 21.2. The molecule has 0 fully saturated rings. The molecule has 7 aromatic rings. The fraction of sp³-hybridized carbons (Fsp3) is 0.211. The van der Waals surface area contributed by atoms with Gasteiger partial charge in [0.2, 0.25) is 0 Å². The van der Waals surface area contributed by atoms with Gasteiger partial charge in [0.05, 0.1) is 16.7 Å². The number of carbonyl (C=O) groups is 3. The summed E-state index contributed by atoms with van der Waals surface area (Å²) in [5.74, 6) is -3.11. The molecule has 0 unspecified atom stereocenters. The Morgan fingerprint density at radius 2 is 0.413 bits per heavy atom. The summed E-state index contributed by atoms with van der Waals surface area (Å²) in [4.78, 5) is 36.9. The highest BCUT2D eigenvalue weighted by molar-refractivity contribution is 6.15. The zero-order valence-corrected chi connectivity index (χ0v) is 37.4. The summed E-state index contributed by atoms with van der Waals surface area (Å²) in [6.07, 6.45) is 0. The van der Waals surface area contributed by atoms with E-state index in [0.29, 0.717) is 0 Å². The molecule has 0 aromatic heterocycles. The maximum Gasteiger partial charge on any atom is 0.335 e. The van der Waals surface area contributed by atoms with E-state index in [1.807, 2.05) is 36.4 Å². The van der Waals surface area contributed by atoms with Crippen LogP contribution in [0.3, 0.4) is 0 Å². The van der Waals surface area contributed by atoms with Gasteiger partial charge in [-0.2, -0.15) is 0 Å². The predicted octanol–water partition coefficient (Wildman–Crippen LogP) is 14.7. The van der Waals surface area contributed by atoms with Gasteiger partial charge in [-0.3, -0.25) is 0 Å². The van der Waals surface area contributed by atoms with Crippen molar-refractivity contribution < 1.29 is 29.7 Å². The lowest BCUT2D eigenvalue weighted by Crippen LogP contribution is -2.11. The van der Waals surface area contributed by atoms with Gasteiger partial charge in [-0.1, -0.05) is 172 Å². The zero-order chi connectivity index (χ0) is 45.6. The summed E-state index contributed by atoms with van der Waals surface area (Å²) in [5.41, 5.74) is 13.7. The van der Waals surface area contributed by atoms with Crippen LogP contribution < -0.4 is 0 Å². The molecule has 0 radical (unpaired) electrons. The minimum absolute atomic E-state index is 0.130. The minimum atomic E-state index is -1.04. The minimum Gasteiger partial charge on any atom is -0.478 e. The summed E-state index contributed by atoms with van der Waals surface area (Å²) >= 11 is 0. The largest absolute Gasteiger partial charge is 0.478 e. The third-order valence-corrected chi connectivity index (χ3v) is 11.9. The highest BCUT2D eigenvalue weighted by Gasteiger charge is 2.30. The van der Waals surface area contributed by atoms with E-state index in [9.17, 15) is 29.7 Å². The summed E-state index contributed by atoms with van der Waals surface area (Å²) in [7, 11) is 0. The van der Waals surface area contributed by atoms with E-state index in [0.717, 1.165) is 83.5 Å². The Bertz CT molecular complexity index is 2490. The molecule has 0 aliphatic carbocycles. The lowest BCUT2D eigenvalue weighted by Gasteiger charge is -2.30. The maximum absolute atomic E-state index is 12.3. The van der Waals surface area contributed by atoms with Gasteiger partial charge >= 0.3 is 17.9 Å². The van der Waals surface area contributed by atoms with Gasteiger partial charge in [-0.15, -0.1) is 0 Å². The Labute approximate surface area is 370 Å². The first-order valence-corrected chi connectivity index (χ1v) is 21.2. The number of aromatic carboxylic acids is 3. The molecular formula is C57H54O6. The van der Waals surface area contributed by atoms with E-state index in [1.165, 1.54) is 0 Å². The Morgan fingerprint density at radius 1 is 0.270 bits per heavy atom. The van der Waals surface area contributed by atoms with E-state index in [2.05, 4.69) is 135 Å². The number of rotatable bonds is 9. The van der Waals surface area contributed by atoms with Crippen molar-refractivity contribution in [3.63, 3.8) is 0 Å². The molecule has 0 saturated carbocycles. The Morgan fingerprint density at radius 3 is 0.540 bits per heavy atom. The fourth-order valence-electron chi connectivity index (χ4n) is 8.23. The van der Waals surface area contributed by atoms with Crippen molar-refractivity contribution in [2.24, 2.45) is 0 Å². The summed E-state index contributed by atoms with van der Waals surface area (Å²) in [5, 5.41) is 30.2. The van der Waals surface area contributed by atoms with Crippen LogP contribution in [0.15, 0.2) is 146 Å². The molecule has 0 aliphatic heterocycles. The van der Waals surface area contributed by atoms with Crippen LogP contribution >= 0.6 is 0 Å². The topological polar surface area (TPSA) is 112 Å². The lowest BCUT2D eigenvalue weighted by atomic mass is 9.73. The highest BCUT2D eigenvalue weighted by atomic mass is 16.4. The number of carboxylic acid groups (broad SMARTS) is 3. The van der Waals surface area contributed by atoms with Crippen LogP contribution in [0.1, 0.15) is 110 Å². The van der Waals surface area contributed by atoms with Gasteiger partial charge in [-0.05, 0) is 136 Å². The van der Waals surface area contributed by atoms with Crippen molar-refractivity contribution in [3.05, 3.63) is 179 Å². The second kappa shape index (κ2) is 16.7. The Hall–Kier alpha value is -7.05. The van der Waals surface area contributed by atoms with Gasteiger partial charge < -0.3 is 15.3 Å². The second-order valence-electron chi connectivity index (χ2n) is 19.4. The molecule has 3 N–H and O–H groups in total. The molecule has 0 saturated heterocycles. The summed E-state index contributed by atoms with van der Waals surface area (Å²) in [6, 6.07) is 46.6. The van der Waals surface area contributed by atoms with Crippen molar-refractivity contribution in [2.45, 2.75) is 78.6 Å². The second-order valence-corrected chi connectivity index (χ2v) is 19.4. The predicted molar refractivity (Wildman–Crippen MR) is 256 cm³/mol. The van der Waals surface area contributed by atoms with Crippen molar-refractivity contribution in [1.82, 2.24) is 0 Å². The van der Waals surface area contributed by atoms with Crippen LogP contribution in [-0.2, 0) is 16.2 Å². The van der Waals surface area contributed by atoms with Crippen molar-refractivity contribution in [3.8, 4) is 66.8 Å². The molecule has 0 aliphatic rings. The average Bonchev–Trinajstić information content (AvgIpc) is 3.24. The van der Waals surface area contributed by atoms with Crippen molar-refractivity contribution >= 4 is 17.9 Å². The van der Waals surface area contributed by atoms with Crippen LogP contribution in [0.25, 0.3) is 66.8 Å². The van der Waals surface area contributed by atoms with E-state index >= 15 is 0 Å². The Balaban J connectivity index is 1.80. The van der Waals surface area contributed by atoms with Crippen LogP contribution in [-0.4, -0.2) is 33.2 Å². The molecular weight excluding hydrogens is 781 g/mol. The molecule has 0 heterocycles. The summed E-state index contributed by atoms with van der Waals surface area (Å²) < 4.78 is 0. The highest BCUT2D eigenvalue weighted by Crippen LogP contribution is 2.56. The first-order chi connectivity index (χ1) is 29.6. The van der Waals surface area contributed by atoms with Crippen LogP contribution in [0.5, 0.6) is 0 Å². The van der Waals surface area contributed by atoms with E-state index in [-0.39, 0.29) is 32.9 Å². The quantitative estimate of drug-likeness (QED) is 0.134. The fourth-order valence-corrected chi connectivity index (χ4v) is 8.23. The molecule has 0 atom stereocenters. The molecule has 0 bridgehead atoms. The number of hydrogen-bond donors (Lipinski definition) is 3. The normalized spacial score (nSPS) is 12.0. The summed E-state index contributed by atoms with van der Waals surface area (Å²) in [6.45, 7) is 19.6. The Kier molecular flexibility index (Phi) is 11.6. The molecule has 63 heavy (non-hydrogen) atoms. The molecule has 6 nitrogen and oxygen atoms in total. The smallest absolute Gasteiger partial charge is 0.335 e. The van der Waals surface area contributed by atoms with Crippen molar-refractivity contribution in [2.75, 3.05) is 0 Å². The van der Waals surface area contributed by atoms with Gasteiger partial charge in [-0.25, -0.2) is 14.4 Å². The standard InChI is InChI=1S/C57H54O6/c1-55(2,3)43-28-22-37(23-29-43)49-46(34-10-16-40(17-11-34)52(58)59)50(38-24-30-44(31-25-38)56(4,5)6)48(36-14-20-42(21-15-36)54(62)63)51(39-26-32-45(33-27-39)57(7,8)9)47(49)35-12-18-41(19-13-35)53(60)61/h10-33H,1-9H3,(H,58,59)(H,60,61)(H,62,63). The molecule has 6 heteroatoms. The molecule has 7 aromatic carbocycles. The van der Waals surface area contributed by atoms with E-state index in [4.69, 9.17) is 0 Å². The average molecular weight is 835 g/mol. The third-order valence-electron chi connectivity index (χ3n) is 11.9. The maximum atomic E-state index is 12.3. The van der Waals surface area contributed by atoms with Gasteiger partial charge in [0.25, 0.3) is 0 Å². The lowest BCUT2D eigenvalue weighted by molar-refractivity contribution is 0.0686. The molecule has 0 amide bonds. The van der Waals surface area contributed by atoms with Crippen LogP contribution in [0, 0.1) is 0 Å². The first kappa shape index (κ1) is 44.0. The van der Waals surface area contributed by atoms with Crippen molar-refractivity contribution in [1.29, 1.82) is 0 Å². The van der Waals surface area contributed by atoms with E-state index < -0.39 is 17.9 Å². The molecule has 0 spiro atoms. The number of carboxylic acids is 3. The molecule has 7 rings (SSSR count). The zero-order valence-electron chi connectivity index (χ0n) is 37.4. The number of hydrogen-bond acceptors (Lipinski definition) is 3. The van der Waals surface area contributed by atoms with Gasteiger partial charge in [0.1, 0.15) is 0 Å². The van der Waals surface area contributed by atoms with Gasteiger partial charge in [0.15, 0.2) is 0 Å². The van der Waals surface area contributed by atoms with Crippen LogP contribution in [0.2, 0.25) is 0 Å². The third kappa shape index (κ3) is 8.98. The van der Waals surface area contributed by atoms with Gasteiger partial charge in [0, 0.05) is 0 Å². The van der Waals surface area contributed by atoms with E-state index in [1.54, 1.807) is 36.4 Å². The monoisotopic (exact) mass is 834 g/mol.